The highest BCUT2D eigenvalue weighted by molar-refractivity contribution is 7.18. The zero-order valence-corrected chi connectivity index (χ0v) is 11.5. The van der Waals surface area contributed by atoms with Gasteiger partial charge in [0.1, 0.15) is 5.82 Å². The largest absolute Gasteiger partial charge is 0.375 e. The lowest BCUT2D eigenvalue weighted by Gasteiger charge is -2.04. The number of benzene rings is 1. The number of anilines is 1. The third kappa shape index (κ3) is 1.88. The van der Waals surface area contributed by atoms with Crippen molar-refractivity contribution in [3.63, 3.8) is 0 Å². The zero-order chi connectivity index (χ0) is 13.6. The molecular weight excluding hydrogens is 263 g/mol. The van der Waals surface area contributed by atoms with Crippen LogP contribution in [0.15, 0.2) is 18.2 Å². The van der Waals surface area contributed by atoms with E-state index in [1.54, 1.807) is 6.07 Å². The molecular formula is C13H13FN4S. The van der Waals surface area contributed by atoms with Gasteiger partial charge in [-0.2, -0.15) is 0 Å². The maximum Gasteiger partial charge on any atom is 0.180 e. The number of aromatic nitrogens is 3. The topological polar surface area (TPSA) is 56.7 Å². The average molecular weight is 276 g/mol. The first-order valence-corrected chi connectivity index (χ1v) is 6.81. The van der Waals surface area contributed by atoms with Crippen molar-refractivity contribution in [1.29, 1.82) is 0 Å². The van der Waals surface area contributed by atoms with Crippen LogP contribution in [0.4, 0.5) is 9.52 Å². The van der Waals surface area contributed by atoms with Crippen LogP contribution in [0.2, 0.25) is 0 Å². The number of nitrogens with zero attached hydrogens (tertiary/aromatic N) is 3. The number of aryl methyl sites for hydroxylation is 2. The fourth-order valence-corrected chi connectivity index (χ4v) is 3.05. The lowest BCUT2D eigenvalue weighted by molar-refractivity contribution is 0.628. The van der Waals surface area contributed by atoms with Gasteiger partial charge in [-0.25, -0.2) is 14.4 Å². The maximum atomic E-state index is 13.4. The van der Waals surface area contributed by atoms with Crippen molar-refractivity contribution in [3.8, 4) is 10.7 Å². The molecule has 4 nitrogen and oxygen atoms in total. The van der Waals surface area contributed by atoms with Gasteiger partial charge in [0.25, 0.3) is 0 Å². The number of thiazole rings is 1. The van der Waals surface area contributed by atoms with Crippen LogP contribution < -0.4 is 5.73 Å². The van der Waals surface area contributed by atoms with E-state index in [4.69, 9.17) is 5.73 Å². The molecule has 0 fully saturated rings. The van der Waals surface area contributed by atoms with Gasteiger partial charge in [-0.15, -0.1) is 0 Å². The smallest absolute Gasteiger partial charge is 0.180 e. The Kier molecular flexibility index (Phi) is 2.74. The van der Waals surface area contributed by atoms with Crippen LogP contribution in [0.1, 0.15) is 12.6 Å². The molecule has 1 aromatic carbocycles. The van der Waals surface area contributed by atoms with E-state index in [1.165, 1.54) is 23.5 Å². The lowest BCUT2D eigenvalue weighted by atomic mass is 10.3. The molecule has 0 amide bonds. The van der Waals surface area contributed by atoms with Crippen LogP contribution in [-0.2, 0) is 6.54 Å². The van der Waals surface area contributed by atoms with Gasteiger partial charge in [-0.05, 0) is 32.0 Å². The number of hydrogen-bond acceptors (Lipinski definition) is 4. The minimum Gasteiger partial charge on any atom is -0.375 e. The van der Waals surface area contributed by atoms with E-state index in [1.807, 2.05) is 18.4 Å². The Balaban J connectivity index is 2.32. The van der Waals surface area contributed by atoms with E-state index in [2.05, 4.69) is 9.97 Å². The number of nitrogen functional groups attached to an aromatic ring is 1. The number of imidazole rings is 1. The second-order valence-corrected chi connectivity index (χ2v) is 5.31. The van der Waals surface area contributed by atoms with Crippen molar-refractivity contribution < 1.29 is 4.39 Å². The standard InChI is InChI=1S/C13H13FN4S/c1-3-18-10-6-8(14)4-5-9(10)17-12(18)11-7(2)16-13(15)19-11/h4-6H,3H2,1-2H3,(H2,15,16). The molecule has 0 aliphatic heterocycles. The molecule has 6 heteroatoms. The molecule has 0 saturated heterocycles. The number of nitrogens with two attached hydrogens (primary N) is 1. The Hall–Kier alpha value is -1.95. The van der Waals surface area contributed by atoms with Crippen LogP contribution in [0, 0.1) is 12.7 Å². The third-order valence-corrected chi connectivity index (χ3v) is 4.03. The fraction of sp³-hybridized carbons (Fsp3) is 0.231. The Morgan fingerprint density at radius 3 is 2.79 bits per heavy atom. The van der Waals surface area contributed by atoms with Crippen LogP contribution in [0.3, 0.4) is 0 Å². The maximum absolute atomic E-state index is 13.4. The summed E-state index contributed by atoms with van der Waals surface area (Å²) in [6, 6.07) is 4.63. The SMILES string of the molecule is CCn1c(-c2sc(N)nc2C)nc2ccc(F)cc21. The highest BCUT2D eigenvalue weighted by Gasteiger charge is 2.17. The number of halogens is 1. The molecule has 0 aliphatic rings. The molecule has 0 unspecified atom stereocenters. The van der Waals surface area contributed by atoms with E-state index in [-0.39, 0.29) is 5.82 Å². The molecule has 2 N–H and O–H groups in total. The summed E-state index contributed by atoms with van der Waals surface area (Å²) in [5.41, 5.74) is 8.17. The first-order valence-electron chi connectivity index (χ1n) is 5.99. The summed E-state index contributed by atoms with van der Waals surface area (Å²) in [4.78, 5) is 9.74. The Bertz CT molecular complexity index is 759. The van der Waals surface area contributed by atoms with Gasteiger partial charge >= 0.3 is 0 Å². The Labute approximate surface area is 113 Å². The summed E-state index contributed by atoms with van der Waals surface area (Å²) in [6.45, 7) is 4.63. The monoisotopic (exact) mass is 276 g/mol. The first-order chi connectivity index (χ1) is 9.10. The summed E-state index contributed by atoms with van der Waals surface area (Å²) in [7, 11) is 0. The van der Waals surface area contributed by atoms with Gasteiger partial charge < -0.3 is 10.3 Å². The van der Waals surface area contributed by atoms with Gasteiger partial charge in [0.05, 0.1) is 21.6 Å². The second kappa shape index (κ2) is 4.31. The molecule has 0 aliphatic carbocycles. The minimum absolute atomic E-state index is 0.255. The van der Waals surface area contributed by atoms with Crippen molar-refractivity contribution >= 4 is 27.5 Å². The molecule has 2 heterocycles. The van der Waals surface area contributed by atoms with E-state index in [9.17, 15) is 4.39 Å². The van der Waals surface area contributed by atoms with Crippen molar-refractivity contribution in [2.24, 2.45) is 0 Å². The molecule has 19 heavy (non-hydrogen) atoms. The minimum atomic E-state index is -0.255. The van der Waals surface area contributed by atoms with Gasteiger partial charge in [0, 0.05) is 6.54 Å². The van der Waals surface area contributed by atoms with Crippen molar-refractivity contribution in [3.05, 3.63) is 29.7 Å². The van der Waals surface area contributed by atoms with Gasteiger partial charge in [-0.3, -0.25) is 0 Å². The molecule has 0 atom stereocenters. The molecule has 0 spiro atoms. The number of fused-ring (bicyclic) bond motifs is 1. The quantitative estimate of drug-likeness (QED) is 0.782. The molecule has 2 aromatic heterocycles. The van der Waals surface area contributed by atoms with Crippen molar-refractivity contribution in [1.82, 2.24) is 14.5 Å². The molecule has 0 bridgehead atoms. The summed E-state index contributed by atoms with van der Waals surface area (Å²) < 4.78 is 15.4. The van der Waals surface area contributed by atoms with Crippen LogP contribution in [-0.4, -0.2) is 14.5 Å². The number of hydrogen-bond donors (Lipinski definition) is 1. The summed E-state index contributed by atoms with van der Waals surface area (Å²) in [5.74, 6) is 0.545. The van der Waals surface area contributed by atoms with Gasteiger partial charge in [0.2, 0.25) is 0 Å². The molecule has 0 saturated carbocycles. The van der Waals surface area contributed by atoms with Crippen LogP contribution in [0.5, 0.6) is 0 Å². The highest BCUT2D eigenvalue weighted by Crippen LogP contribution is 2.33. The van der Waals surface area contributed by atoms with Crippen molar-refractivity contribution in [2.45, 2.75) is 20.4 Å². The van der Waals surface area contributed by atoms with Gasteiger partial charge in [0.15, 0.2) is 11.0 Å². The van der Waals surface area contributed by atoms with Crippen LogP contribution >= 0.6 is 11.3 Å². The van der Waals surface area contributed by atoms with E-state index in [0.29, 0.717) is 11.7 Å². The van der Waals surface area contributed by atoms with E-state index < -0.39 is 0 Å². The lowest BCUT2D eigenvalue weighted by Crippen LogP contribution is -1.97. The second-order valence-electron chi connectivity index (χ2n) is 4.28. The predicted octanol–water partition coefficient (Wildman–Crippen LogP) is 3.21. The highest BCUT2D eigenvalue weighted by atomic mass is 32.1. The zero-order valence-electron chi connectivity index (χ0n) is 10.6. The summed E-state index contributed by atoms with van der Waals surface area (Å²) >= 11 is 1.41. The predicted molar refractivity (Wildman–Crippen MR) is 75.6 cm³/mol. The fourth-order valence-electron chi connectivity index (χ4n) is 2.21. The van der Waals surface area contributed by atoms with Crippen molar-refractivity contribution in [2.75, 3.05) is 5.73 Å². The Morgan fingerprint density at radius 1 is 1.37 bits per heavy atom. The first kappa shape index (κ1) is 12.1. The van der Waals surface area contributed by atoms with Crippen LogP contribution in [0.25, 0.3) is 21.7 Å². The van der Waals surface area contributed by atoms with Gasteiger partial charge in [-0.1, -0.05) is 11.3 Å². The Morgan fingerprint density at radius 2 is 2.16 bits per heavy atom. The van der Waals surface area contributed by atoms with E-state index in [0.717, 1.165) is 27.4 Å². The molecule has 98 valence electrons. The third-order valence-electron chi connectivity index (χ3n) is 3.04. The normalized spacial score (nSPS) is 11.3. The number of rotatable bonds is 2. The van der Waals surface area contributed by atoms with E-state index >= 15 is 0 Å². The molecule has 3 aromatic rings. The average Bonchev–Trinajstić information content (AvgIpc) is 2.88. The molecule has 3 rings (SSSR count). The molecule has 0 radical (unpaired) electrons. The summed E-state index contributed by atoms with van der Waals surface area (Å²) in [5, 5.41) is 0.522. The summed E-state index contributed by atoms with van der Waals surface area (Å²) in [6.07, 6.45) is 0.